The number of aromatic nitrogens is 2. The van der Waals surface area contributed by atoms with Crippen LogP contribution < -0.4 is 19.5 Å². The molecule has 1 aromatic rings. The molecule has 45 heavy (non-hydrogen) atoms. The summed E-state index contributed by atoms with van der Waals surface area (Å²) in [6.07, 6.45) is 4.22. The summed E-state index contributed by atoms with van der Waals surface area (Å²) < 4.78 is 57.0. The van der Waals surface area contributed by atoms with E-state index in [2.05, 4.69) is 29.0 Å². The lowest BCUT2D eigenvalue weighted by molar-refractivity contribution is -0.116. The van der Waals surface area contributed by atoms with Crippen LogP contribution in [0, 0.1) is 5.92 Å². The third-order valence-electron chi connectivity index (χ3n) is 6.07. The molecule has 1 heterocycles. The minimum Gasteiger partial charge on any atom is -0.511 e. The number of ether oxygens (including phenoxy) is 2. The lowest BCUT2D eigenvalue weighted by atomic mass is 9.82. The second kappa shape index (κ2) is 18.7. The van der Waals surface area contributed by atoms with Gasteiger partial charge in [0.25, 0.3) is 0 Å². The number of carbonyl (C=O) groups excluding carboxylic acids is 2. The number of urea groups is 1. The number of Topliss-reactive ketones (excluding diaryl/α,β-unsaturated/α-hetero) is 1. The fourth-order valence-electron chi connectivity index (χ4n) is 4.04. The van der Waals surface area contributed by atoms with E-state index in [9.17, 15) is 31.5 Å². The highest BCUT2D eigenvalue weighted by Gasteiger charge is 2.31. The van der Waals surface area contributed by atoms with E-state index in [1.165, 1.54) is 25.0 Å². The molecule has 0 aromatic carbocycles. The predicted molar refractivity (Wildman–Crippen MR) is 172 cm³/mol. The maximum atomic E-state index is 12.5. The number of allylic oxidation sites excluding steroid dienone is 2. The Hall–Kier alpha value is -3.16. The number of ketones is 1. The molecule has 1 aliphatic rings. The van der Waals surface area contributed by atoms with Gasteiger partial charge in [-0.1, -0.05) is 36.1 Å². The largest absolute Gasteiger partial charge is 0.511 e. The zero-order chi connectivity index (χ0) is 34.4. The molecule has 0 spiro atoms. The van der Waals surface area contributed by atoms with Crippen LogP contribution in [0.2, 0.25) is 0 Å². The molecule has 19 heteroatoms. The molecule has 2 amide bonds. The molecule has 0 aliphatic heterocycles. The SMILES string of the molecule is CCCC(=NOCC)C1=C(O)CC(CC(C)SCC)CC1=O.COc1cc(OC)nc(NC(=O)NS(=O)(=O)N(C)S(C)(=O)=O)n1. The average Bonchev–Trinajstić information content (AvgIpc) is 2.94. The first kappa shape index (κ1) is 39.9. The lowest BCUT2D eigenvalue weighted by Crippen LogP contribution is -2.45. The second-order valence-corrected chi connectivity index (χ2v) is 15.4. The first-order chi connectivity index (χ1) is 21.0. The van der Waals surface area contributed by atoms with Crippen LogP contribution in [0.15, 0.2) is 22.6 Å². The highest BCUT2D eigenvalue weighted by Crippen LogP contribution is 2.32. The second-order valence-electron chi connectivity index (χ2n) is 9.71. The summed E-state index contributed by atoms with van der Waals surface area (Å²) in [5.41, 5.74) is 1.00. The number of aliphatic hydroxyl groups is 1. The molecular weight excluding hydrogens is 653 g/mol. The van der Waals surface area contributed by atoms with Crippen molar-refractivity contribution in [3.05, 3.63) is 17.4 Å². The Kier molecular flexibility index (Phi) is 16.6. The number of oxime groups is 1. The maximum absolute atomic E-state index is 12.5. The van der Waals surface area contributed by atoms with E-state index < -0.39 is 26.3 Å². The van der Waals surface area contributed by atoms with E-state index in [0.717, 1.165) is 25.6 Å². The number of carbonyl (C=O) groups is 2. The van der Waals surface area contributed by atoms with E-state index in [0.29, 0.717) is 48.7 Å². The Balaban J connectivity index is 0.000000450. The van der Waals surface area contributed by atoms with Crippen LogP contribution in [0.3, 0.4) is 0 Å². The molecule has 2 rings (SSSR count). The van der Waals surface area contributed by atoms with Crippen molar-refractivity contribution < 1.29 is 45.8 Å². The van der Waals surface area contributed by atoms with Crippen molar-refractivity contribution in [3.8, 4) is 11.8 Å². The molecule has 2 unspecified atom stereocenters. The van der Waals surface area contributed by atoms with Crippen LogP contribution in [-0.2, 0) is 29.9 Å². The minimum atomic E-state index is -4.60. The number of hydrogen-bond acceptors (Lipinski definition) is 14. The molecule has 2 atom stereocenters. The number of sulfonamides is 1. The topological polar surface area (TPSA) is 216 Å². The molecule has 1 aromatic heterocycles. The Bertz CT molecular complexity index is 1410. The summed E-state index contributed by atoms with van der Waals surface area (Å²) in [6, 6.07) is 0.0628. The zero-order valence-electron chi connectivity index (χ0n) is 26.8. The third-order valence-corrected chi connectivity index (χ3v) is 10.6. The first-order valence-electron chi connectivity index (χ1n) is 14.0. The monoisotopic (exact) mass is 696 g/mol. The molecule has 0 saturated heterocycles. The van der Waals surface area contributed by atoms with Crippen LogP contribution in [0.1, 0.15) is 59.8 Å². The molecule has 0 saturated carbocycles. The average molecular weight is 697 g/mol. The molecule has 1 aliphatic carbocycles. The van der Waals surface area contributed by atoms with Crippen LogP contribution in [0.5, 0.6) is 11.8 Å². The molecule has 0 fully saturated rings. The van der Waals surface area contributed by atoms with Gasteiger partial charge in [-0.15, -0.1) is 0 Å². The molecule has 3 N–H and O–H groups in total. The smallest absolute Gasteiger partial charge is 0.336 e. The normalized spacial score (nSPS) is 16.4. The summed E-state index contributed by atoms with van der Waals surface area (Å²) in [6.45, 7) is 8.67. The van der Waals surface area contributed by atoms with Gasteiger partial charge >= 0.3 is 16.2 Å². The van der Waals surface area contributed by atoms with Crippen LogP contribution in [-0.4, -0.2) is 98.3 Å². The van der Waals surface area contributed by atoms with Crippen molar-refractivity contribution in [3.63, 3.8) is 0 Å². The van der Waals surface area contributed by atoms with Crippen LogP contribution in [0.25, 0.3) is 0 Å². The number of thioether (sulfide) groups is 1. The summed E-state index contributed by atoms with van der Waals surface area (Å²) in [5, 5.41) is 16.9. The number of hydrogen-bond donors (Lipinski definition) is 3. The van der Waals surface area contributed by atoms with Gasteiger partial charge in [0, 0.05) is 25.1 Å². The van der Waals surface area contributed by atoms with Crippen molar-refractivity contribution in [1.82, 2.24) is 18.4 Å². The number of nitrogens with zero attached hydrogens (tertiary/aromatic N) is 4. The van der Waals surface area contributed by atoms with Crippen molar-refractivity contribution in [1.29, 1.82) is 0 Å². The fraction of sp³-hybridized carbons (Fsp3) is 0.654. The highest BCUT2D eigenvalue weighted by atomic mass is 32.3. The van der Waals surface area contributed by atoms with Gasteiger partial charge in [-0.2, -0.15) is 30.1 Å². The molecule has 0 bridgehead atoms. The fourth-order valence-corrected chi connectivity index (χ4v) is 6.97. The Morgan fingerprint density at radius 2 is 1.76 bits per heavy atom. The van der Waals surface area contributed by atoms with E-state index >= 15 is 0 Å². The minimum absolute atomic E-state index is 0.00654. The van der Waals surface area contributed by atoms with Gasteiger partial charge in [0.1, 0.15) is 12.4 Å². The van der Waals surface area contributed by atoms with Crippen LogP contribution >= 0.6 is 11.8 Å². The Labute approximate surface area is 269 Å². The summed E-state index contributed by atoms with van der Waals surface area (Å²) in [7, 11) is -5.27. The summed E-state index contributed by atoms with van der Waals surface area (Å²) >= 11 is 1.90. The predicted octanol–water partition coefficient (Wildman–Crippen LogP) is 3.25. The van der Waals surface area contributed by atoms with Gasteiger partial charge in [-0.05, 0) is 31.4 Å². The van der Waals surface area contributed by atoms with Gasteiger partial charge in [0.2, 0.25) is 27.7 Å². The Morgan fingerprint density at radius 3 is 2.22 bits per heavy atom. The number of amides is 2. The van der Waals surface area contributed by atoms with Crippen molar-refractivity contribution in [2.24, 2.45) is 11.1 Å². The number of aliphatic hydroxyl groups excluding tert-OH is 1. The number of rotatable bonds is 15. The van der Waals surface area contributed by atoms with Gasteiger partial charge in [-0.3, -0.25) is 10.1 Å². The Morgan fingerprint density at radius 1 is 1.16 bits per heavy atom. The van der Waals surface area contributed by atoms with Gasteiger partial charge in [0.05, 0.1) is 37.8 Å². The summed E-state index contributed by atoms with van der Waals surface area (Å²) in [5.74, 6) is 1.33. The van der Waals surface area contributed by atoms with Crippen molar-refractivity contribution >= 4 is 55.5 Å². The van der Waals surface area contributed by atoms with Gasteiger partial charge in [-0.25, -0.2) is 17.9 Å². The molecule has 0 radical (unpaired) electrons. The standard InChI is InChI=1S/C17H29NO3S.C9H15N5O7S2/c1-5-8-14(18-21-6-2)17-15(19)10-13(11-16(17)20)9-12(4)22-7-3;1-14(22(4,16)17)23(18,19)13-9(15)12-8-10-6(20-2)5-7(11-8)21-3/h12-13,19H,5-11H2,1-4H3;5H,1-4H3,(H2,10,11,12,13,15). The lowest BCUT2D eigenvalue weighted by Gasteiger charge is -2.25. The summed E-state index contributed by atoms with van der Waals surface area (Å²) in [4.78, 5) is 36.8. The highest BCUT2D eigenvalue weighted by molar-refractivity contribution is 8.03. The first-order valence-corrected chi connectivity index (χ1v) is 18.4. The van der Waals surface area contributed by atoms with Crippen molar-refractivity contribution in [2.75, 3.05) is 45.2 Å². The third kappa shape index (κ3) is 13.4. The number of methoxy groups -OCH3 is 2. The van der Waals surface area contributed by atoms with E-state index in [1.807, 2.05) is 30.9 Å². The van der Waals surface area contributed by atoms with Gasteiger partial charge < -0.3 is 19.4 Å². The molecular formula is C26H44N6O10S3. The number of nitrogens with one attached hydrogen (secondary N) is 2. The molecule has 256 valence electrons. The van der Waals surface area contributed by atoms with E-state index in [1.54, 1.807) is 0 Å². The zero-order valence-corrected chi connectivity index (χ0v) is 29.3. The van der Waals surface area contributed by atoms with Crippen LogP contribution in [0.4, 0.5) is 10.7 Å². The maximum Gasteiger partial charge on any atom is 0.336 e. The molecule has 16 nitrogen and oxygen atoms in total. The van der Waals surface area contributed by atoms with E-state index in [-0.39, 0.29) is 38.9 Å². The van der Waals surface area contributed by atoms with Crippen molar-refractivity contribution in [2.45, 2.75) is 65.0 Å². The van der Waals surface area contributed by atoms with E-state index in [4.69, 9.17) is 14.3 Å². The van der Waals surface area contributed by atoms with Gasteiger partial charge in [0.15, 0.2) is 5.78 Å². The quantitative estimate of drug-likeness (QED) is 0.178. The number of anilines is 1.